The van der Waals surface area contributed by atoms with Crippen LogP contribution in [-0.4, -0.2) is 28.3 Å². The first-order valence-electron chi connectivity index (χ1n) is 12.1. The van der Waals surface area contributed by atoms with Gasteiger partial charge < -0.3 is 10.2 Å². The Labute approximate surface area is 245 Å². The largest absolute Gasteiger partial charge is 0.407 e. The van der Waals surface area contributed by atoms with Gasteiger partial charge in [0.25, 0.3) is 0 Å². The summed E-state index contributed by atoms with van der Waals surface area (Å²) >= 11 is 11.3. The average molecular weight is 595 g/mol. The van der Waals surface area contributed by atoms with Crippen molar-refractivity contribution in [3.63, 3.8) is 0 Å². The summed E-state index contributed by atoms with van der Waals surface area (Å²) in [6.45, 7) is 18.8. The predicted octanol–water partition coefficient (Wildman–Crippen LogP) is 8.56. The fourth-order valence-electron chi connectivity index (χ4n) is 4.44. The van der Waals surface area contributed by atoms with Crippen molar-refractivity contribution < 1.29 is 17.6 Å². The van der Waals surface area contributed by atoms with Gasteiger partial charge >= 0.3 is 6.18 Å². The lowest BCUT2D eigenvalue weighted by Gasteiger charge is -2.32. The van der Waals surface area contributed by atoms with Crippen LogP contribution >= 0.6 is 24.4 Å². The molecule has 0 saturated carbocycles. The molecule has 1 heterocycles. The van der Waals surface area contributed by atoms with Gasteiger partial charge in [-0.3, -0.25) is 4.90 Å². The Bertz CT molecular complexity index is 1650. The molecule has 4 rings (SSSR count). The number of nitrogens with zero attached hydrogens (tertiary/aromatic N) is 5. The van der Waals surface area contributed by atoms with Gasteiger partial charge in [0.1, 0.15) is 18.0 Å². The minimum absolute atomic E-state index is 0.0409. The number of benzene rings is 3. The van der Waals surface area contributed by atoms with Gasteiger partial charge in [-0.05, 0) is 87.2 Å². The van der Waals surface area contributed by atoms with Gasteiger partial charge in [0, 0.05) is 17.1 Å². The van der Waals surface area contributed by atoms with E-state index in [4.69, 9.17) is 37.6 Å². The standard InChI is InChI=1S/C29H22F4N6S2/c1-17-6-9-20(10-7-17)39-27(41)38(21-11-13-23(34-4)18(2)14-21)25(28(39,3)16-30)37-26(40)36-19-8-12-24(35-5)22(15-19)29(31,32)33/h6-15H,16H2,1-3H3,(H,36,40). The molecule has 1 saturated heterocycles. The van der Waals surface area contributed by atoms with Crippen molar-refractivity contribution in [1.29, 1.82) is 0 Å². The number of aliphatic imine (C=N–C) groups is 1. The smallest absolute Gasteiger partial charge is 0.331 e. The van der Waals surface area contributed by atoms with Crippen LogP contribution in [0.4, 0.5) is 46.0 Å². The summed E-state index contributed by atoms with van der Waals surface area (Å²) < 4.78 is 55.6. The molecule has 12 heteroatoms. The lowest BCUT2D eigenvalue weighted by Crippen LogP contribution is -2.49. The maximum Gasteiger partial charge on any atom is 0.407 e. The molecule has 0 amide bonds. The summed E-state index contributed by atoms with van der Waals surface area (Å²) in [5.41, 5.74) is 0.0408. The first kappa shape index (κ1) is 29.6. The molecule has 0 radical (unpaired) electrons. The van der Waals surface area contributed by atoms with Crippen LogP contribution in [0.1, 0.15) is 23.6 Å². The Morgan fingerprint density at radius 3 is 2.15 bits per heavy atom. The highest BCUT2D eigenvalue weighted by molar-refractivity contribution is 7.81. The molecule has 1 N–H and O–H groups in total. The van der Waals surface area contributed by atoms with E-state index in [9.17, 15) is 13.2 Å². The number of hydrogen-bond donors (Lipinski definition) is 1. The molecule has 1 aliphatic heterocycles. The van der Waals surface area contributed by atoms with Gasteiger partial charge in [-0.25, -0.2) is 19.1 Å². The van der Waals surface area contributed by atoms with Gasteiger partial charge in [0.05, 0.1) is 18.7 Å². The molecule has 0 aromatic heterocycles. The van der Waals surface area contributed by atoms with Crippen LogP contribution in [0.15, 0.2) is 65.7 Å². The zero-order valence-electron chi connectivity index (χ0n) is 22.0. The molecule has 0 bridgehead atoms. The third kappa shape index (κ3) is 5.62. The van der Waals surface area contributed by atoms with Gasteiger partial charge in [-0.15, -0.1) is 0 Å². The molecular formula is C29H22F4N6S2. The van der Waals surface area contributed by atoms with Crippen molar-refractivity contribution in [2.24, 2.45) is 4.99 Å². The van der Waals surface area contributed by atoms with E-state index in [1.54, 1.807) is 54.0 Å². The van der Waals surface area contributed by atoms with E-state index < -0.39 is 29.6 Å². The SMILES string of the molecule is [C-]#[N+]c1ccc(N2C(=S)N(c3ccc(C)cc3)C(C)(CF)C2=NC(=S)Nc2ccc([N+]#[C-])c(C(F)(F)F)c2)cc1C. The molecule has 6 nitrogen and oxygen atoms in total. The number of nitrogens with one attached hydrogen (secondary N) is 1. The number of alkyl halides is 4. The van der Waals surface area contributed by atoms with E-state index in [2.05, 4.69) is 20.0 Å². The fraction of sp³-hybridized carbons (Fsp3) is 0.207. The molecule has 1 unspecified atom stereocenters. The molecular weight excluding hydrogens is 572 g/mol. The van der Waals surface area contributed by atoms with E-state index in [-0.39, 0.29) is 21.7 Å². The van der Waals surface area contributed by atoms with E-state index in [1.807, 2.05) is 19.1 Å². The highest BCUT2D eigenvalue weighted by Crippen LogP contribution is 2.40. The first-order valence-corrected chi connectivity index (χ1v) is 12.9. The van der Waals surface area contributed by atoms with Crippen LogP contribution in [0.25, 0.3) is 9.69 Å². The first-order chi connectivity index (χ1) is 19.3. The van der Waals surface area contributed by atoms with Crippen LogP contribution in [0.3, 0.4) is 0 Å². The molecule has 0 spiro atoms. The number of hydrogen-bond acceptors (Lipinski definition) is 2. The Morgan fingerprint density at radius 1 is 0.976 bits per heavy atom. The zero-order valence-corrected chi connectivity index (χ0v) is 23.7. The number of thiocarbonyl (C=S) groups is 2. The minimum Gasteiger partial charge on any atom is -0.331 e. The third-order valence-corrected chi connectivity index (χ3v) is 7.12. The van der Waals surface area contributed by atoms with Crippen molar-refractivity contribution in [2.45, 2.75) is 32.5 Å². The van der Waals surface area contributed by atoms with E-state index in [0.29, 0.717) is 22.6 Å². The predicted molar refractivity (Wildman–Crippen MR) is 162 cm³/mol. The number of aryl methyl sites for hydroxylation is 2. The Morgan fingerprint density at radius 2 is 1.59 bits per heavy atom. The second kappa shape index (κ2) is 11.2. The van der Waals surface area contributed by atoms with Crippen LogP contribution in [0.2, 0.25) is 0 Å². The summed E-state index contributed by atoms with van der Waals surface area (Å²) in [4.78, 5) is 14.1. The Hall–Kier alpha value is -4.39. The monoisotopic (exact) mass is 594 g/mol. The number of rotatable bonds is 4. The van der Waals surface area contributed by atoms with E-state index in [0.717, 1.165) is 17.7 Å². The van der Waals surface area contributed by atoms with Gasteiger partial charge in [0.15, 0.2) is 21.6 Å². The highest BCUT2D eigenvalue weighted by Gasteiger charge is 2.52. The number of amidine groups is 1. The summed E-state index contributed by atoms with van der Waals surface area (Å²) in [5, 5.41) is 2.62. The van der Waals surface area contributed by atoms with E-state index in [1.165, 1.54) is 6.07 Å². The zero-order chi connectivity index (χ0) is 30.1. The lowest BCUT2D eigenvalue weighted by molar-refractivity contribution is -0.136. The molecule has 3 aromatic carbocycles. The minimum atomic E-state index is -4.75. The van der Waals surface area contributed by atoms with Crippen LogP contribution in [0, 0.1) is 27.0 Å². The summed E-state index contributed by atoms with van der Waals surface area (Å²) in [6, 6.07) is 15.4. The molecule has 41 heavy (non-hydrogen) atoms. The maximum atomic E-state index is 15.1. The Balaban J connectivity index is 1.84. The van der Waals surface area contributed by atoms with Crippen LogP contribution in [0.5, 0.6) is 0 Å². The lowest BCUT2D eigenvalue weighted by atomic mass is 10.0. The molecule has 1 fully saturated rings. The topological polar surface area (TPSA) is 39.6 Å². The average Bonchev–Trinajstić information content (AvgIpc) is 3.14. The quantitative estimate of drug-likeness (QED) is 0.186. The second-order valence-electron chi connectivity index (χ2n) is 9.49. The number of halogens is 4. The fourth-order valence-corrected chi connectivity index (χ4v) is 5.15. The molecule has 0 aliphatic carbocycles. The van der Waals surface area contributed by atoms with Crippen molar-refractivity contribution >= 4 is 68.9 Å². The van der Waals surface area contributed by atoms with Crippen molar-refractivity contribution in [3.8, 4) is 0 Å². The van der Waals surface area contributed by atoms with E-state index >= 15 is 4.39 Å². The second-order valence-corrected chi connectivity index (χ2v) is 10.2. The van der Waals surface area contributed by atoms with Crippen molar-refractivity contribution in [2.75, 3.05) is 21.8 Å². The molecule has 3 aromatic rings. The van der Waals surface area contributed by atoms with Gasteiger partial charge in [-0.2, -0.15) is 13.2 Å². The summed E-state index contributed by atoms with van der Waals surface area (Å²) in [6.07, 6.45) is -4.75. The van der Waals surface area contributed by atoms with Crippen molar-refractivity contribution in [3.05, 3.63) is 100 Å². The Kier molecular flexibility index (Phi) is 8.11. The summed E-state index contributed by atoms with van der Waals surface area (Å²) in [5.74, 6) is 0.104. The molecule has 208 valence electrons. The number of anilines is 3. The van der Waals surface area contributed by atoms with Crippen LogP contribution in [-0.2, 0) is 6.18 Å². The normalized spacial score (nSPS) is 17.9. The third-order valence-electron chi connectivity index (χ3n) is 6.56. The molecule has 1 atom stereocenters. The van der Waals surface area contributed by atoms with Crippen molar-refractivity contribution in [1.82, 2.24) is 0 Å². The van der Waals surface area contributed by atoms with Crippen LogP contribution < -0.4 is 15.1 Å². The molecule has 1 aliphatic rings. The highest BCUT2D eigenvalue weighted by atomic mass is 32.1. The maximum absolute atomic E-state index is 15.1. The summed E-state index contributed by atoms with van der Waals surface area (Å²) in [7, 11) is 0. The van der Waals surface area contributed by atoms with Gasteiger partial charge in [-0.1, -0.05) is 29.8 Å². The van der Waals surface area contributed by atoms with Gasteiger partial charge in [0.2, 0.25) is 0 Å².